The van der Waals surface area contributed by atoms with Gasteiger partial charge in [0.05, 0.1) is 0 Å². The highest BCUT2D eigenvalue weighted by Gasteiger charge is 2.23. The van der Waals surface area contributed by atoms with Crippen molar-refractivity contribution in [2.75, 3.05) is 0 Å². The van der Waals surface area contributed by atoms with Gasteiger partial charge in [-0.25, -0.2) is 0 Å². The second-order valence-corrected chi connectivity index (χ2v) is 5.44. The van der Waals surface area contributed by atoms with Crippen molar-refractivity contribution in [2.24, 2.45) is 5.73 Å². The lowest BCUT2D eigenvalue weighted by atomic mass is 9.90. The van der Waals surface area contributed by atoms with Crippen LogP contribution in [-0.4, -0.2) is 12.1 Å². The average molecular weight is 224 g/mol. The molecule has 1 fully saturated rings. The predicted octanol–water partition coefficient (Wildman–Crippen LogP) is 2.67. The molecule has 1 saturated carbocycles. The topological polar surface area (TPSA) is 38.0 Å². The van der Waals surface area contributed by atoms with E-state index in [2.05, 4.69) is 29.8 Å². The van der Waals surface area contributed by atoms with E-state index in [1.807, 2.05) is 11.3 Å². The van der Waals surface area contributed by atoms with E-state index >= 15 is 0 Å². The summed E-state index contributed by atoms with van der Waals surface area (Å²) >= 11 is 1.82. The minimum atomic E-state index is 0.348. The van der Waals surface area contributed by atoms with Gasteiger partial charge in [0, 0.05) is 23.0 Å². The maximum Gasteiger partial charge on any atom is 0.0388 e. The van der Waals surface area contributed by atoms with Gasteiger partial charge in [0.2, 0.25) is 0 Å². The fraction of sp³-hybridized carbons (Fsp3) is 0.667. The molecule has 3 atom stereocenters. The summed E-state index contributed by atoms with van der Waals surface area (Å²) in [6, 6.07) is 5.60. The van der Waals surface area contributed by atoms with Gasteiger partial charge < -0.3 is 11.1 Å². The molecule has 0 radical (unpaired) electrons. The molecule has 84 valence electrons. The average Bonchev–Trinajstić information content (AvgIpc) is 2.74. The molecule has 3 N–H and O–H groups in total. The summed E-state index contributed by atoms with van der Waals surface area (Å²) in [5, 5.41) is 5.79. The summed E-state index contributed by atoms with van der Waals surface area (Å²) in [4.78, 5) is 1.41. The first kappa shape index (κ1) is 11.1. The van der Waals surface area contributed by atoms with Crippen molar-refractivity contribution in [1.29, 1.82) is 0 Å². The van der Waals surface area contributed by atoms with Crippen molar-refractivity contribution in [1.82, 2.24) is 5.32 Å². The Morgan fingerprint density at radius 2 is 2.27 bits per heavy atom. The zero-order chi connectivity index (χ0) is 10.7. The van der Waals surface area contributed by atoms with Gasteiger partial charge >= 0.3 is 0 Å². The molecule has 1 heterocycles. The van der Waals surface area contributed by atoms with Crippen LogP contribution in [-0.2, 0) is 0 Å². The SMILES string of the molecule is C[C@H](N[C@@H]1CCCC[C@@H]1N)c1cccs1. The van der Waals surface area contributed by atoms with Crippen molar-refractivity contribution in [3.8, 4) is 0 Å². The molecule has 0 amide bonds. The summed E-state index contributed by atoms with van der Waals surface area (Å²) in [5.74, 6) is 0. The maximum absolute atomic E-state index is 6.12. The molecule has 0 spiro atoms. The van der Waals surface area contributed by atoms with E-state index in [4.69, 9.17) is 5.73 Å². The minimum absolute atomic E-state index is 0.348. The van der Waals surface area contributed by atoms with Crippen LogP contribution >= 0.6 is 11.3 Å². The quantitative estimate of drug-likeness (QED) is 0.828. The fourth-order valence-electron chi connectivity index (χ4n) is 2.31. The Bertz CT molecular complexity index is 284. The highest BCUT2D eigenvalue weighted by Crippen LogP contribution is 2.23. The first-order valence-corrected chi connectivity index (χ1v) is 6.70. The summed E-state index contributed by atoms with van der Waals surface area (Å²) in [6.45, 7) is 2.23. The van der Waals surface area contributed by atoms with E-state index < -0.39 is 0 Å². The Morgan fingerprint density at radius 1 is 1.47 bits per heavy atom. The van der Waals surface area contributed by atoms with Crippen molar-refractivity contribution < 1.29 is 0 Å². The molecule has 1 aliphatic rings. The Kier molecular flexibility index (Phi) is 3.78. The molecule has 1 aromatic rings. The number of hydrogen-bond donors (Lipinski definition) is 2. The van der Waals surface area contributed by atoms with Gasteiger partial charge in [0.1, 0.15) is 0 Å². The van der Waals surface area contributed by atoms with Gasteiger partial charge in [-0.05, 0) is 31.2 Å². The number of thiophene rings is 1. The number of rotatable bonds is 3. The van der Waals surface area contributed by atoms with E-state index in [0.29, 0.717) is 18.1 Å². The lowest BCUT2D eigenvalue weighted by molar-refractivity contribution is 0.308. The summed E-state index contributed by atoms with van der Waals surface area (Å²) in [6.07, 6.45) is 5.03. The lowest BCUT2D eigenvalue weighted by Gasteiger charge is -2.31. The molecule has 15 heavy (non-hydrogen) atoms. The van der Waals surface area contributed by atoms with Gasteiger partial charge in [-0.3, -0.25) is 0 Å². The first-order chi connectivity index (χ1) is 7.27. The number of nitrogens with one attached hydrogen (secondary N) is 1. The molecule has 1 aliphatic carbocycles. The molecule has 2 rings (SSSR count). The first-order valence-electron chi connectivity index (χ1n) is 5.82. The van der Waals surface area contributed by atoms with E-state index in [9.17, 15) is 0 Å². The molecule has 0 bridgehead atoms. The molecule has 0 saturated heterocycles. The van der Waals surface area contributed by atoms with Gasteiger partial charge in [-0.2, -0.15) is 0 Å². The molecule has 0 aliphatic heterocycles. The monoisotopic (exact) mass is 224 g/mol. The minimum Gasteiger partial charge on any atom is -0.326 e. The summed E-state index contributed by atoms with van der Waals surface area (Å²) < 4.78 is 0. The maximum atomic E-state index is 6.12. The van der Waals surface area contributed by atoms with Gasteiger partial charge in [0.15, 0.2) is 0 Å². The van der Waals surface area contributed by atoms with E-state index in [-0.39, 0.29) is 0 Å². The highest BCUT2D eigenvalue weighted by atomic mass is 32.1. The van der Waals surface area contributed by atoms with Crippen molar-refractivity contribution in [3.05, 3.63) is 22.4 Å². The van der Waals surface area contributed by atoms with Crippen LogP contribution in [0.15, 0.2) is 17.5 Å². The normalized spacial score (nSPS) is 28.9. The van der Waals surface area contributed by atoms with Gasteiger partial charge in [-0.1, -0.05) is 18.9 Å². The molecule has 1 aromatic heterocycles. The molecule has 0 unspecified atom stereocenters. The largest absolute Gasteiger partial charge is 0.326 e. The number of hydrogen-bond acceptors (Lipinski definition) is 3. The highest BCUT2D eigenvalue weighted by molar-refractivity contribution is 7.10. The Balaban J connectivity index is 1.90. The van der Waals surface area contributed by atoms with Crippen molar-refractivity contribution in [2.45, 2.75) is 50.7 Å². The predicted molar refractivity (Wildman–Crippen MR) is 66.1 cm³/mol. The van der Waals surface area contributed by atoms with Crippen LogP contribution < -0.4 is 11.1 Å². The standard InChI is InChI=1S/C12H20N2S/c1-9(12-7-4-8-15-12)14-11-6-3-2-5-10(11)13/h4,7-11,14H,2-3,5-6,13H2,1H3/t9-,10-,11+/m0/s1. The lowest BCUT2D eigenvalue weighted by Crippen LogP contribution is -2.47. The second kappa shape index (κ2) is 5.10. The Labute approximate surface area is 95.9 Å². The van der Waals surface area contributed by atoms with E-state index in [1.54, 1.807) is 0 Å². The smallest absolute Gasteiger partial charge is 0.0388 e. The fourth-order valence-corrected chi connectivity index (χ4v) is 3.05. The third-order valence-electron chi connectivity index (χ3n) is 3.25. The van der Waals surface area contributed by atoms with Crippen LogP contribution in [0.25, 0.3) is 0 Å². The summed E-state index contributed by atoms with van der Waals surface area (Å²) in [7, 11) is 0. The van der Waals surface area contributed by atoms with E-state index in [1.165, 1.54) is 30.6 Å². The van der Waals surface area contributed by atoms with Crippen LogP contribution in [0.2, 0.25) is 0 Å². The van der Waals surface area contributed by atoms with Crippen LogP contribution in [0.3, 0.4) is 0 Å². The molecule has 3 heteroatoms. The van der Waals surface area contributed by atoms with Crippen molar-refractivity contribution in [3.63, 3.8) is 0 Å². The number of nitrogens with two attached hydrogens (primary N) is 1. The second-order valence-electron chi connectivity index (χ2n) is 4.46. The molecule has 2 nitrogen and oxygen atoms in total. The zero-order valence-corrected chi connectivity index (χ0v) is 10.1. The van der Waals surface area contributed by atoms with Crippen molar-refractivity contribution >= 4 is 11.3 Å². The molecular formula is C12H20N2S. The Morgan fingerprint density at radius 3 is 2.93 bits per heavy atom. The third kappa shape index (κ3) is 2.80. The van der Waals surface area contributed by atoms with Crippen LogP contribution in [0.4, 0.5) is 0 Å². The zero-order valence-electron chi connectivity index (χ0n) is 9.28. The third-order valence-corrected chi connectivity index (χ3v) is 4.31. The summed E-state index contributed by atoms with van der Waals surface area (Å²) in [5.41, 5.74) is 6.12. The van der Waals surface area contributed by atoms with Crippen LogP contribution in [0, 0.1) is 0 Å². The van der Waals surface area contributed by atoms with E-state index in [0.717, 1.165) is 0 Å². The van der Waals surface area contributed by atoms with Gasteiger partial charge in [0.25, 0.3) is 0 Å². The van der Waals surface area contributed by atoms with Crippen LogP contribution in [0.5, 0.6) is 0 Å². The van der Waals surface area contributed by atoms with Crippen LogP contribution in [0.1, 0.15) is 43.5 Å². The molecular weight excluding hydrogens is 204 g/mol. The molecule has 0 aromatic carbocycles. The Hall–Kier alpha value is -0.380. The van der Waals surface area contributed by atoms with Gasteiger partial charge in [-0.15, -0.1) is 11.3 Å².